The van der Waals surface area contributed by atoms with Gasteiger partial charge in [0.15, 0.2) is 5.96 Å². The molecule has 0 spiro atoms. The van der Waals surface area contributed by atoms with Crippen LogP contribution in [0.15, 0.2) is 17.6 Å². The van der Waals surface area contributed by atoms with Crippen molar-refractivity contribution in [3.05, 3.63) is 12.7 Å². The number of carbonyl (C=O) groups excluding carboxylic acids is 1. The van der Waals surface area contributed by atoms with Crippen LogP contribution >= 0.6 is 0 Å². The van der Waals surface area contributed by atoms with Crippen molar-refractivity contribution in [1.82, 2.24) is 10.2 Å². The Bertz CT molecular complexity index is 301. The van der Waals surface area contributed by atoms with Crippen molar-refractivity contribution in [3.63, 3.8) is 0 Å². The van der Waals surface area contributed by atoms with E-state index in [2.05, 4.69) is 21.8 Å². The molecule has 17 heavy (non-hydrogen) atoms. The van der Waals surface area contributed by atoms with Gasteiger partial charge < -0.3 is 16.0 Å². The van der Waals surface area contributed by atoms with Crippen LogP contribution in [0.1, 0.15) is 19.3 Å². The number of hydrogen-bond donors (Lipinski definition) is 2. The van der Waals surface area contributed by atoms with Gasteiger partial charge in [0.1, 0.15) is 0 Å². The van der Waals surface area contributed by atoms with Crippen molar-refractivity contribution >= 4 is 11.9 Å². The van der Waals surface area contributed by atoms with E-state index in [0.29, 0.717) is 18.9 Å². The van der Waals surface area contributed by atoms with Crippen molar-refractivity contribution in [3.8, 4) is 0 Å². The normalized spacial score (nSPS) is 21.1. The highest BCUT2D eigenvalue weighted by molar-refractivity contribution is 5.80. The van der Waals surface area contributed by atoms with Crippen LogP contribution in [0.2, 0.25) is 0 Å². The number of amides is 1. The van der Waals surface area contributed by atoms with Gasteiger partial charge in [-0.25, -0.2) is 0 Å². The molecule has 1 atom stereocenters. The lowest BCUT2D eigenvalue weighted by molar-refractivity contribution is -0.119. The second kappa shape index (κ2) is 6.93. The van der Waals surface area contributed by atoms with Crippen molar-refractivity contribution in [2.75, 3.05) is 26.7 Å². The summed E-state index contributed by atoms with van der Waals surface area (Å²) in [6.45, 7) is 6.19. The van der Waals surface area contributed by atoms with Gasteiger partial charge in [0.25, 0.3) is 0 Å². The first-order valence-corrected chi connectivity index (χ1v) is 6.02. The zero-order valence-electron chi connectivity index (χ0n) is 10.5. The second-order valence-corrected chi connectivity index (χ2v) is 4.34. The van der Waals surface area contributed by atoms with Crippen molar-refractivity contribution in [2.45, 2.75) is 19.3 Å². The molecule has 1 fully saturated rings. The maximum Gasteiger partial charge on any atom is 0.217 e. The van der Waals surface area contributed by atoms with E-state index in [9.17, 15) is 4.79 Å². The first-order chi connectivity index (χ1) is 8.17. The number of likely N-dealkylation sites (tertiary alicyclic amines) is 1. The third kappa shape index (κ3) is 4.46. The minimum absolute atomic E-state index is 0.217. The van der Waals surface area contributed by atoms with Crippen molar-refractivity contribution in [1.29, 1.82) is 0 Å². The number of carbonyl (C=O) groups is 1. The minimum Gasteiger partial charge on any atom is -0.370 e. The molecular weight excluding hydrogens is 216 g/mol. The molecule has 3 N–H and O–H groups in total. The number of aliphatic imine (C=N–C) groups is 1. The number of nitrogens with zero attached hydrogens (tertiary/aromatic N) is 2. The zero-order valence-corrected chi connectivity index (χ0v) is 10.5. The van der Waals surface area contributed by atoms with Gasteiger partial charge in [0.2, 0.25) is 5.91 Å². The first-order valence-electron chi connectivity index (χ1n) is 6.02. The van der Waals surface area contributed by atoms with E-state index in [1.54, 1.807) is 13.1 Å². The predicted octanol–water partition coefficient (Wildman–Crippen LogP) is 0.335. The topological polar surface area (TPSA) is 70.7 Å². The Morgan fingerprint density at radius 3 is 3.06 bits per heavy atom. The molecule has 5 heteroatoms. The average molecular weight is 238 g/mol. The minimum atomic E-state index is -0.217. The van der Waals surface area contributed by atoms with Crippen LogP contribution in [-0.2, 0) is 4.79 Å². The molecule has 0 saturated carbocycles. The third-order valence-electron chi connectivity index (χ3n) is 2.92. The molecule has 1 unspecified atom stereocenters. The molecule has 0 radical (unpaired) electrons. The summed E-state index contributed by atoms with van der Waals surface area (Å²) in [5.41, 5.74) is 5.24. The van der Waals surface area contributed by atoms with Crippen LogP contribution in [-0.4, -0.2) is 43.4 Å². The Morgan fingerprint density at radius 1 is 1.71 bits per heavy atom. The van der Waals surface area contributed by atoms with Gasteiger partial charge in [0.05, 0.1) is 0 Å². The smallest absolute Gasteiger partial charge is 0.217 e. The first kappa shape index (κ1) is 13.5. The van der Waals surface area contributed by atoms with Gasteiger partial charge in [-0.15, -0.1) is 6.58 Å². The average Bonchev–Trinajstić information content (AvgIpc) is 2.30. The largest absolute Gasteiger partial charge is 0.370 e. The van der Waals surface area contributed by atoms with Gasteiger partial charge in [-0.2, -0.15) is 0 Å². The highest BCUT2D eigenvalue weighted by atomic mass is 16.1. The highest BCUT2D eigenvalue weighted by Crippen LogP contribution is 2.19. The lowest BCUT2D eigenvalue weighted by Crippen LogP contribution is -2.47. The van der Waals surface area contributed by atoms with Crippen molar-refractivity contribution in [2.24, 2.45) is 16.6 Å². The summed E-state index contributed by atoms with van der Waals surface area (Å²) in [5, 5.41) is 3.20. The molecule has 1 rings (SSSR count). The molecule has 1 aliphatic rings. The lowest BCUT2D eigenvalue weighted by atomic mass is 9.95. The lowest BCUT2D eigenvalue weighted by Gasteiger charge is -2.34. The molecule has 0 aliphatic carbocycles. The Kier molecular flexibility index (Phi) is 5.52. The summed E-state index contributed by atoms with van der Waals surface area (Å²) in [6.07, 6.45) is 4.41. The van der Waals surface area contributed by atoms with E-state index in [1.165, 1.54) is 0 Å². The van der Waals surface area contributed by atoms with Gasteiger partial charge in [-0.1, -0.05) is 6.08 Å². The zero-order chi connectivity index (χ0) is 12.7. The highest BCUT2D eigenvalue weighted by Gasteiger charge is 2.23. The third-order valence-corrected chi connectivity index (χ3v) is 2.92. The van der Waals surface area contributed by atoms with Crippen LogP contribution in [0.4, 0.5) is 0 Å². The maximum absolute atomic E-state index is 10.9. The fourth-order valence-corrected chi connectivity index (χ4v) is 2.20. The molecule has 1 aliphatic heterocycles. The van der Waals surface area contributed by atoms with Crippen LogP contribution in [0.3, 0.4) is 0 Å². The quantitative estimate of drug-likeness (QED) is 0.421. The van der Waals surface area contributed by atoms with Crippen molar-refractivity contribution < 1.29 is 4.79 Å². The summed E-state index contributed by atoms with van der Waals surface area (Å²) in [7, 11) is 1.77. The van der Waals surface area contributed by atoms with E-state index < -0.39 is 0 Å². The SMILES string of the molecule is C=CCNC(=NC)N1CCCC(CC(N)=O)C1. The summed E-state index contributed by atoms with van der Waals surface area (Å²) in [6, 6.07) is 0. The number of nitrogens with one attached hydrogen (secondary N) is 1. The Balaban J connectivity index is 2.52. The molecule has 0 bridgehead atoms. The Morgan fingerprint density at radius 2 is 2.47 bits per heavy atom. The molecule has 96 valence electrons. The number of guanidine groups is 1. The van der Waals surface area contributed by atoms with E-state index in [0.717, 1.165) is 31.9 Å². The Labute approximate surface area is 103 Å². The van der Waals surface area contributed by atoms with E-state index in [1.807, 2.05) is 0 Å². The van der Waals surface area contributed by atoms with Crippen LogP contribution in [0.5, 0.6) is 0 Å². The standard InChI is InChI=1S/C12H22N4O/c1-3-6-15-12(14-2)16-7-4-5-10(9-16)8-11(13)17/h3,10H,1,4-9H2,2H3,(H2,13,17)(H,14,15). The number of primary amides is 1. The molecule has 0 aromatic heterocycles. The van der Waals surface area contributed by atoms with Crippen LogP contribution in [0.25, 0.3) is 0 Å². The summed E-state index contributed by atoms with van der Waals surface area (Å²) in [5.74, 6) is 1.01. The summed E-state index contributed by atoms with van der Waals surface area (Å²) < 4.78 is 0. The van der Waals surface area contributed by atoms with Gasteiger partial charge in [-0.05, 0) is 18.8 Å². The molecule has 1 heterocycles. The fourth-order valence-electron chi connectivity index (χ4n) is 2.20. The summed E-state index contributed by atoms with van der Waals surface area (Å²) in [4.78, 5) is 17.3. The molecule has 1 saturated heterocycles. The monoisotopic (exact) mass is 238 g/mol. The maximum atomic E-state index is 10.9. The van der Waals surface area contributed by atoms with E-state index >= 15 is 0 Å². The van der Waals surface area contributed by atoms with E-state index in [-0.39, 0.29) is 5.91 Å². The predicted molar refractivity (Wildman–Crippen MR) is 69.7 cm³/mol. The van der Waals surface area contributed by atoms with Gasteiger partial charge in [-0.3, -0.25) is 9.79 Å². The number of nitrogens with two attached hydrogens (primary N) is 1. The van der Waals surface area contributed by atoms with Crippen LogP contribution < -0.4 is 11.1 Å². The van der Waals surface area contributed by atoms with Gasteiger partial charge >= 0.3 is 0 Å². The number of rotatable bonds is 4. The van der Waals surface area contributed by atoms with Crippen LogP contribution in [0, 0.1) is 5.92 Å². The summed E-state index contributed by atoms with van der Waals surface area (Å²) >= 11 is 0. The number of piperidine rings is 1. The molecular formula is C12H22N4O. The molecule has 5 nitrogen and oxygen atoms in total. The molecule has 0 aromatic rings. The number of hydrogen-bond acceptors (Lipinski definition) is 2. The van der Waals surface area contributed by atoms with E-state index in [4.69, 9.17) is 5.73 Å². The van der Waals surface area contributed by atoms with Gasteiger partial charge in [0, 0.05) is 33.1 Å². The Hall–Kier alpha value is -1.52. The molecule has 0 aromatic carbocycles. The fraction of sp³-hybridized carbons (Fsp3) is 0.667. The second-order valence-electron chi connectivity index (χ2n) is 4.34. The molecule has 1 amide bonds.